The number of nitrogens with two attached hydrogens (primary N) is 1. The SMILES string of the molecule is Cc1ccc(C2=C3CC[C@H](N)[C@H](CC(=O)Oc4ccc(C(=O)NCCC(C)C)cc4)CCC3C(c3ccccc3)=NN2)cc1. The Morgan fingerprint density at radius 1 is 0.955 bits per heavy atom. The van der Waals surface area contributed by atoms with Crippen molar-refractivity contribution in [2.75, 3.05) is 6.54 Å². The predicted molar refractivity (Wildman–Crippen MR) is 176 cm³/mol. The Morgan fingerprint density at radius 2 is 1.68 bits per heavy atom. The van der Waals surface area contributed by atoms with Gasteiger partial charge in [0.05, 0.1) is 17.8 Å². The molecule has 4 N–H and O–H groups in total. The molecule has 1 aliphatic carbocycles. The molecule has 1 saturated carbocycles. The van der Waals surface area contributed by atoms with Crippen molar-refractivity contribution in [3.8, 4) is 5.75 Å². The van der Waals surface area contributed by atoms with Gasteiger partial charge in [-0.15, -0.1) is 0 Å². The molecular weight excluding hydrogens is 548 g/mol. The lowest BCUT2D eigenvalue weighted by atomic mass is 9.74. The van der Waals surface area contributed by atoms with Gasteiger partial charge in [0.25, 0.3) is 5.91 Å². The van der Waals surface area contributed by atoms with Gasteiger partial charge in [0.1, 0.15) is 5.75 Å². The average molecular weight is 593 g/mol. The van der Waals surface area contributed by atoms with Crippen molar-refractivity contribution in [2.24, 2.45) is 28.6 Å². The van der Waals surface area contributed by atoms with E-state index in [-0.39, 0.29) is 36.2 Å². The van der Waals surface area contributed by atoms with Crippen LogP contribution < -0.4 is 21.2 Å². The molecule has 1 fully saturated rings. The van der Waals surface area contributed by atoms with Crippen LogP contribution in [0.4, 0.5) is 0 Å². The van der Waals surface area contributed by atoms with Crippen LogP contribution in [0.2, 0.25) is 0 Å². The van der Waals surface area contributed by atoms with Gasteiger partial charge in [0, 0.05) is 24.1 Å². The molecule has 1 heterocycles. The lowest BCUT2D eigenvalue weighted by Gasteiger charge is -2.35. The first-order valence-corrected chi connectivity index (χ1v) is 15.8. The first-order valence-electron chi connectivity index (χ1n) is 15.8. The van der Waals surface area contributed by atoms with E-state index in [1.165, 1.54) is 11.1 Å². The molecule has 3 aromatic rings. The highest BCUT2D eigenvalue weighted by Gasteiger charge is 2.34. The number of nitrogens with one attached hydrogen (secondary N) is 2. The molecule has 1 aliphatic heterocycles. The second-order valence-corrected chi connectivity index (χ2v) is 12.5. The van der Waals surface area contributed by atoms with Gasteiger partial charge in [-0.3, -0.25) is 15.0 Å². The fourth-order valence-corrected chi connectivity index (χ4v) is 6.10. The van der Waals surface area contributed by atoms with Gasteiger partial charge in [-0.05, 0) is 91.8 Å². The molecule has 230 valence electrons. The number of aryl methyl sites for hydroxylation is 1. The third kappa shape index (κ3) is 7.83. The van der Waals surface area contributed by atoms with E-state index in [9.17, 15) is 9.59 Å². The van der Waals surface area contributed by atoms with Crippen LogP contribution in [-0.2, 0) is 4.79 Å². The molecule has 7 heteroatoms. The average Bonchev–Trinajstić information content (AvgIpc) is 3.02. The number of fused-ring (bicyclic) bond motifs is 1. The van der Waals surface area contributed by atoms with Crippen molar-refractivity contribution in [2.45, 2.75) is 65.3 Å². The first kappa shape index (κ1) is 31.2. The minimum Gasteiger partial charge on any atom is -0.427 e. The molecule has 3 aromatic carbocycles. The van der Waals surface area contributed by atoms with Crippen molar-refractivity contribution in [1.82, 2.24) is 10.7 Å². The first-order chi connectivity index (χ1) is 21.3. The third-order valence-corrected chi connectivity index (χ3v) is 8.73. The maximum Gasteiger partial charge on any atom is 0.311 e. The lowest BCUT2D eigenvalue weighted by Crippen LogP contribution is -2.37. The molecular formula is C37H44N4O3. The molecule has 0 radical (unpaired) electrons. The topological polar surface area (TPSA) is 106 Å². The molecule has 2 aliphatic rings. The molecule has 1 unspecified atom stereocenters. The Hall–Kier alpha value is -4.23. The summed E-state index contributed by atoms with van der Waals surface area (Å²) in [5.74, 6) is 0.636. The van der Waals surface area contributed by atoms with E-state index in [0.29, 0.717) is 23.8 Å². The zero-order chi connectivity index (χ0) is 31.1. The molecule has 3 atom stereocenters. The van der Waals surface area contributed by atoms with Crippen LogP contribution in [0.1, 0.15) is 79.4 Å². The number of allylic oxidation sites excluding steroid dienone is 1. The van der Waals surface area contributed by atoms with Crippen molar-refractivity contribution in [3.05, 3.63) is 107 Å². The normalized spacial score (nSPS) is 20.1. The summed E-state index contributed by atoms with van der Waals surface area (Å²) in [5, 5.41) is 7.83. The Kier molecular flexibility index (Phi) is 10.3. The fourth-order valence-electron chi connectivity index (χ4n) is 6.10. The number of hydrogen-bond donors (Lipinski definition) is 3. The highest BCUT2D eigenvalue weighted by Crippen LogP contribution is 2.39. The number of hydrazone groups is 1. The Balaban J connectivity index is 1.27. The summed E-state index contributed by atoms with van der Waals surface area (Å²) in [5.41, 5.74) is 17.5. The number of rotatable bonds is 9. The van der Waals surface area contributed by atoms with Crippen molar-refractivity contribution >= 4 is 23.3 Å². The lowest BCUT2D eigenvalue weighted by molar-refractivity contribution is -0.135. The number of carbonyl (C=O) groups is 2. The Labute approximate surface area is 261 Å². The minimum absolute atomic E-state index is 0.00945. The summed E-state index contributed by atoms with van der Waals surface area (Å²) in [6, 6.07) is 25.5. The summed E-state index contributed by atoms with van der Waals surface area (Å²) >= 11 is 0. The fraction of sp³-hybridized carbons (Fsp3) is 0.378. The standard InChI is InChI=1S/C37H44N4O3/c1-24(2)21-22-39-37(43)28-13-16-30(17-14-28)44-34(42)23-29-15-18-31-32(19-20-33(29)38)36(27-11-9-25(3)10-12-27)41-40-35(31)26-7-5-4-6-8-26/h4-14,16-17,24,29,31,33,41H,15,18-23,38H2,1-3H3,(H,39,43)/t29-,31?,33-/m0/s1. The van der Waals surface area contributed by atoms with E-state index in [4.69, 9.17) is 15.6 Å². The number of benzene rings is 3. The second kappa shape index (κ2) is 14.5. The molecule has 0 aromatic heterocycles. The molecule has 5 rings (SSSR count). The van der Waals surface area contributed by atoms with E-state index in [1.54, 1.807) is 24.3 Å². The monoisotopic (exact) mass is 592 g/mol. The summed E-state index contributed by atoms with van der Waals surface area (Å²) in [7, 11) is 0. The number of hydrogen-bond acceptors (Lipinski definition) is 6. The van der Waals surface area contributed by atoms with Gasteiger partial charge in [-0.25, -0.2) is 0 Å². The largest absolute Gasteiger partial charge is 0.427 e. The van der Waals surface area contributed by atoms with E-state index in [2.05, 4.69) is 67.9 Å². The van der Waals surface area contributed by atoms with Crippen LogP contribution in [0.25, 0.3) is 5.70 Å². The van der Waals surface area contributed by atoms with Crippen LogP contribution in [0, 0.1) is 24.7 Å². The van der Waals surface area contributed by atoms with Crippen LogP contribution in [0.5, 0.6) is 5.75 Å². The van der Waals surface area contributed by atoms with E-state index in [1.807, 2.05) is 18.2 Å². The van der Waals surface area contributed by atoms with Gasteiger partial charge in [-0.1, -0.05) is 74.0 Å². The highest BCUT2D eigenvalue weighted by molar-refractivity contribution is 6.06. The zero-order valence-corrected chi connectivity index (χ0v) is 26.0. The van der Waals surface area contributed by atoms with Gasteiger partial charge < -0.3 is 15.8 Å². The molecule has 0 spiro atoms. The van der Waals surface area contributed by atoms with E-state index >= 15 is 0 Å². The van der Waals surface area contributed by atoms with Gasteiger partial charge in [0.15, 0.2) is 0 Å². The van der Waals surface area contributed by atoms with E-state index < -0.39 is 0 Å². The van der Waals surface area contributed by atoms with Crippen LogP contribution in [-0.4, -0.2) is 30.2 Å². The summed E-state index contributed by atoms with van der Waals surface area (Å²) in [4.78, 5) is 25.5. The molecule has 1 amide bonds. The van der Waals surface area contributed by atoms with Gasteiger partial charge in [-0.2, -0.15) is 5.10 Å². The quantitative estimate of drug-likeness (QED) is 0.191. The molecule has 7 nitrogen and oxygen atoms in total. The zero-order valence-electron chi connectivity index (χ0n) is 26.0. The van der Waals surface area contributed by atoms with Crippen LogP contribution in [0.3, 0.4) is 0 Å². The summed E-state index contributed by atoms with van der Waals surface area (Å²) < 4.78 is 5.70. The molecule has 44 heavy (non-hydrogen) atoms. The molecule has 0 bridgehead atoms. The smallest absolute Gasteiger partial charge is 0.311 e. The van der Waals surface area contributed by atoms with E-state index in [0.717, 1.165) is 54.6 Å². The number of carbonyl (C=O) groups excluding carboxylic acids is 2. The number of esters is 1. The summed E-state index contributed by atoms with van der Waals surface area (Å²) in [6.07, 6.45) is 4.38. The third-order valence-electron chi connectivity index (χ3n) is 8.73. The number of nitrogens with zero attached hydrogens (tertiary/aromatic N) is 1. The van der Waals surface area contributed by atoms with Crippen LogP contribution in [0.15, 0.2) is 89.5 Å². The molecule has 0 saturated heterocycles. The minimum atomic E-state index is -0.307. The predicted octanol–water partition coefficient (Wildman–Crippen LogP) is 6.62. The maximum absolute atomic E-state index is 13.1. The Bertz CT molecular complexity index is 1490. The maximum atomic E-state index is 13.1. The van der Waals surface area contributed by atoms with Crippen molar-refractivity contribution in [3.63, 3.8) is 0 Å². The van der Waals surface area contributed by atoms with Crippen molar-refractivity contribution < 1.29 is 14.3 Å². The van der Waals surface area contributed by atoms with Crippen molar-refractivity contribution in [1.29, 1.82) is 0 Å². The Morgan fingerprint density at radius 3 is 2.39 bits per heavy atom. The van der Waals surface area contributed by atoms with Crippen LogP contribution >= 0.6 is 0 Å². The highest BCUT2D eigenvalue weighted by atomic mass is 16.5. The number of amides is 1. The van der Waals surface area contributed by atoms with Gasteiger partial charge >= 0.3 is 5.97 Å². The summed E-state index contributed by atoms with van der Waals surface area (Å²) in [6.45, 7) is 6.97. The van der Waals surface area contributed by atoms with Gasteiger partial charge in [0.2, 0.25) is 0 Å². The second-order valence-electron chi connectivity index (χ2n) is 12.5. The number of ether oxygens (including phenoxy) is 1.